The van der Waals surface area contributed by atoms with Crippen molar-refractivity contribution in [3.63, 3.8) is 0 Å². The first-order valence-corrected chi connectivity index (χ1v) is 10.9. The number of hydrogen-bond acceptors (Lipinski definition) is 7. The molecule has 1 unspecified atom stereocenters. The van der Waals surface area contributed by atoms with E-state index in [1.165, 1.54) is 0 Å². The molecule has 3 rings (SSSR count). The van der Waals surface area contributed by atoms with Gasteiger partial charge in [0, 0.05) is 37.7 Å². The third-order valence-corrected chi connectivity index (χ3v) is 5.39. The first-order valence-electron chi connectivity index (χ1n) is 10.9. The highest BCUT2D eigenvalue weighted by atomic mass is 19.1. The molecule has 0 radical (unpaired) electrons. The fourth-order valence-corrected chi connectivity index (χ4v) is 3.42. The molecule has 1 aliphatic carbocycles. The maximum Gasteiger partial charge on any atom is 0.162 e. The Balaban J connectivity index is 1.93. The van der Waals surface area contributed by atoms with Gasteiger partial charge in [0.2, 0.25) is 0 Å². The maximum absolute atomic E-state index is 14.6. The second kappa shape index (κ2) is 10.6. The van der Waals surface area contributed by atoms with Gasteiger partial charge in [-0.1, -0.05) is 0 Å². The number of anilines is 1. The topological polar surface area (TPSA) is 103 Å². The number of alkyl halides is 1. The molecule has 1 saturated carbocycles. The number of nitrogen functional groups attached to an aromatic ring is 1. The van der Waals surface area contributed by atoms with E-state index in [1.807, 2.05) is 19.9 Å². The third-order valence-electron chi connectivity index (χ3n) is 5.39. The van der Waals surface area contributed by atoms with Crippen molar-refractivity contribution in [1.29, 1.82) is 0 Å². The Bertz CT molecular complexity index is 1040. The minimum absolute atomic E-state index is 0.285. The lowest BCUT2D eigenvalue weighted by molar-refractivity contribution is 0.144. The van der Waals surface area contributed by atoms with Crippen LogP contribution in [0.3, 0.4) is 0 Å². The van der Waals surface area contributed by atoms with Gasteiger partial charge < -0.3 is 25.3 Å². The van der Waals surface area contributed by atoms with Crippen molar-refractivity contribution in [2.75, 3.05) is 40.2 Å². The quantitative estimate of drug-likeness (QED) is 0.316. The van der Waals surface area contributed by atoms with E-state index in [9.17, 15) is 4.39 Å². The van der Waals surface area contributed by atoms with E-state index >= 15 is 0 Å². The standard InChI is InChI=1S/C24H32FN5O3/c1-6-28-19-14-20(32-5)21(33-10-9-31-4)13-17(19)23(27-3)29-15(2)18-11-16(26)12-22(30-18)24(25)7-8-24/h6,11-15H,7-10H2,1-5H3,(H2,26,30)(H,27,29). The molecule has 9 heteroatoms. The fraction of sp³-hybridized carbons (Fsp3) is 0.458. The number of benzene rings is 1. The van der Waals surface area contributed by atoms with E-state index in [2.05, 4.69) is 20.3 Å². The average Bonchev–Trinajstić information content (AvgIpc) is 3.56. The van der Waals surface area contributed by atoms with Crippen LogP contribution in [0.15, 0.2) is 34.3 Å². The summed E-state index contributed by atoms with van der Waals surface area (Å²) in [6.07, 6.45) is 2.65. The minimum atomic E-state index is -1.36. The van der Waals surface area contributed by atoms with E-state index in [0.29, 0.717) is 66.2 Å². The number of aromatic nitrogens is 1. The van der Waals surface area contributed by atoms with Gasteiger partial charge >= 0.3 is 0 Å². The van der Waals surface area contributed by atoms with Crippen molar-refractivity contribution in [2.24, 2.45) is 9.98 Å². The zero-order valence-electron chi connectivity index (χ0n) is 19.8. The number of rotatable bonds is 10. The van der Waals surface area contributed by atoms with Gasteiger partial charge in [0.15, 0.2) is 17.2 Å². The van der Waals surface area contributed by atoms with Crippen LogP contribution in [0.4, 0.5) is 15.8 Å². The Labute approximate surface area is 194 Å². The summed E-state index contributed by atoms with van der Waals surface area (Å²) in [5.74, 6) is 1.68. The van der Waals surface area contributed by atoms with E-state index in [-0.39, 0.29) is 6.04 Å². The Kier molecular flexibility index (Phi) is 7.86. The highest BCUT2D eigenvalue weighted by Crippen LogP contribution is 2.49. The van der Waals surface area contributed by atoms with Crippen LogP contribution < -0.4 is 20.5 Å². The van der Waals surface area contributed by atoms with Crippen molar-refractivity contribution in [2.45, 2.75) is 38.4 Å². The molecule has 1 atom stereocenters. The number of nitrogens with zero attached hydrogens (tertiary/aromatic N) is 3. The van der Waals surface area contributed by atoms with Crippen molar-refractivity contribution in [3.8, 4) is 11.5 Å². The molecule has 1 aromatic carbocycles. The van der Waals surface area contributed by atoms with Crippen LogP contribution >= 0.6 is 0 Å². The summed E-state index contributed by atoms with van der Waals surface area (Å²) in [6, 6.07) is 6.70. The van der Waals surface area contributed by atoms with Gasteiger partial charge in [-0.2, -0.15) is 0 Å². The lowest BCUT2D eigenvalue weighted by atomic mass is 10.1. The van der Waals surface area contributed by atoms with Crippen LogP contribution in [0.1, 0.15) is 49.7 Å². The molecule has 178 valence electrons. The molecule has 1 fully saturated rings. The van der Waals surface area contributed by atoms with Gasteiger partial charge in [-0.25, -0.2) is 4.39 Å². The van der Waals surface area contributed by atoms with Gasteiger partial charge in [0.05, 0.1) is 36.8 Å². The number of pyridine rings is 1. The zero-order valence-corrected chi connectivity index (χ0v) is 19.8. The Morgan fingerprint density at radius 2 is 2.00 bits per heavy atom. The van der Waals surface area contributed by atoms with Crippen LogP contribution in [0.25, 0.3) is 0 Å². The normalized spacial score (nSPS) is 16.0. The molecule has 0 saturated heterocycles. The predicted octanol–water partition coefficient (Wildman–Crippen LogP) is 4.11. The summed E-state index contributed by atoms with van der Waals surface area (Å²) >= 11 is 0. The fourth-order valence-electron chi connectivity index (χ4n) is 3.42. The number of amidine groups is 1. The zero-order chi connectivity index (χ0) is 24.0. The predicted molar refractivity (Wildman–Crippen MR) is 129 cm³/mol. The second-order valence-corrected chi connectivity index (χ2v) is 7.86. The summed E-state index contributed by atoms with van der Waals surface area (Å²) in [7, 11) is 4.87. The van der Waals surface area contributed by atoms with Gasteiger partial charge in [0.1, 0.15) is 12.4 Å². The summed E-state index contributed by atoms with van der Waals surface area (Å²) in [5, 5.41) is 3.37. The van der Waals surface area contributed by atoms with E-state index < -0.39 is 5.67 Å². The molecule has 0 amide bonds. The SMILES string of the molecule is CC=Nc1cc(OC)c(OCCOC)cc1C(=NC)NC(C)c1cc(N)cc(C2(F)CC2)n1. The van der Waals surface area contributed by atoms with Crippen LogP contribution in [0.2, 0.25) is 0 Å². The highest BCUT2D eigenvalue weighted by molar-refractivity contribution is 6.04. The number of methoxy groups -OCH3 is 2. The summed E-state index contributed by atoms with van der Waals surface area (Å²) < 4.78 is 31.0. The molecule has 0 spiro atoms. The molecule has 0 aliphatic heterocycles. The molecule has 1 aromatic heterocycles. The molecule has 3 N–H and O–H groups in total. The smallest absolute Gasteiger partial charge is 0.162 e. The van der Waals surface area contributed by atoms with Gasteiger partial charge in [-0.05, 0) is 44.9 Å². The lowest BCUT2D eigenvalue weighted by Gasteiger charge is -2.20. The summed E-state index contributed by atoms with van der Waals surface area (Å²) in [4.78, 5) is 13.5. The van der Waals surface area contributed by atoms with Crippen molar-refractivity contribution < 1.29 is 18.6 Å². The molecule has 2 aromatic rings. The van der Waals surface area contributed by atoms with E-state index in [0.717, 1.165) is 5.56 Å². The molecular weight excluding hydrogens is 425 g/mol. The van der Waals surface area contributed by atoms with E-state index in [4.69, 9.17) is 19.9 Å². The molecule has 1 heterocycles. The Morgan fingerprint density at radius 1 is 1.24 bits per heavy atom. The van der Waals surface area contributed by atoms with Gasteiger partial charge in [-0.15, -0.1) is 0 Å². The molecule has 1 aliphatic rings. The summed E-state index contributed by atoms with van der Waals surface area (Å²) in [6.45, 7) is 4.57. The summed E-state index contributed by atoms with van der Waals surface area (Å²) in [5.41, 5.74) is 7.58. The lowest BCUT2D eigenvalue weighted by Crippen LogP contribution is -2.29. The Morgan fingerprint density at radius 3 is 2.61 bits per heavy atom. The third kappa shape index (κ3) is 5.78. The number of ether oxygens (including phenoxy) is 3. The van der Waals surface area contributed by atoms with Crippen molar-refractivity contribution >= 4 is 23.4 Å². The van der Waals surface area contributed by atoms with E-state index in [1.54, 1.807) is 45.7 Å². The van der Waals surface area contributed by atoms with Crippen LogP contribution in [0.5, 0.6) is 11.5 Å². The number of nitrogens with one attached hydrogen (secondary N) is 1. The number of nitrogens with two attached hydrogens (primary N) is 1. The van der Waals surface area contributed by atoms with Gasteiger partial charge in [-0.3, -0.25) is 15.0 Å². The Hall–Kier alpha value is -3.20. The molecule has 33 heavy (non-hydrogen) atoms. The molecular formula is C24H32FN5O3. The number of hydrogen-bond donors (Lipinski definition) is 2. The van der Waals surface area contributed by atoms with Crippen molar-refractivity contribution in [3.05, 3.63) is 41.2 Å². The first kappa shape index (κ1) is 24.4. The van der Waals surface area contributed by atoms with Crippen LogP contribution in [-0.2, 0) is 10.4 Å². The monoisotopic (exact) mass is 457 g/mol. The number of aliphatic imine (C=N–C) groups is 2. The first-order chi connectivity index (χ1) is 15.8. The highest BCUT2D eigenvalue weighted by Gasteiger charge is 2.46. The largest absolute Gasteiger partial charge is 0.493 e. The molecule has 8 nitrogen and oxygen atoms in total. The maximum atomic E-state index is 14.6. The minimum Gasteiger partial charge on any atom is -0.493 e. The van der Waals surface area contributed by atoms with Crippen molar-refractivity contribution in [1.82, 2.24) is 10.3 Å². The van der Waals surface area contributed by atoms with Crippen LogP contribution in [-0.4, -0.2) is 51.5 Å². The van der Waals surface area contributed by atoms with Crippen LogP contribution in [0, 0.1) is 0 Å². The van der Waals surface area contributed by atoms with Gasteiger partial charge in [0.25, 0.3) is 0 Å². The molecule has 0 bridgehead atoms. The number of halogens is 1. The second-order valence-electron chi connectivity index (χ2n) is 7.86. The average molecular weight is 458 g/mol.